The molecule has 1 heterocycles. The van der Waals surface area contributed by atoms with E-state index in [-0.39, 0.29) is 28.8 Å². The molecule has 0 fully saturated rings. The van der Waals surface area contributed by atoms with E-state index in [2.05, 4.69) is 4.98 Å². The molecule has 0 aliphatic carbocycles. The Hall–Kier alpha value is -3.35. The topological polar surface area (TPSA) is 72.2 Å². The van der Waals surface area contributed by atoms with E-state index in [0.717, 1.165) is 34.9 Å². The van der Waals surface area contributed by atoms with Crippen molar-refractivity contribution < 1.29 is 18.7 Å². The van der Waals surface area contributed by atoms with Crippen LogP contribution in [0.3, 0.4) is 0 Å². The fourth-order valence-electron chi connectivity index (χ4n) is 3.36. The van der Waals surface area contributed by atoms with E-state index in [1.807, 2.05) is 32.0 Å². The largest absolute Gasteiger partial charge is 0.478 e. The molecule has 5 nitrogen and oxygen atoms in total. The number of hydrogen-bond acceptors (Lipinski definition) is 3. The van der Waals surface area contributed by atoms with Crippen molar-refractivity contribution in [2.24, 2.45) is 0 Å². The zero-order chi connectivity index (χ0) is 21.3. The lowest BCUT2D eigenvalue weighted by molar-refractivity contribution is -0.131. The zero-order valence-electron chi connectivity index (χ0n) is 16.2. The van der Waals surface area contributed by atoms with Gasteiger partial charge in [-0.15, -0.1) is 0 Å². The standard InChI is InChI=1S/C22H20F2N2O3/c1-12-6-13(2)8-15(7-12)11-26-21(14(3)23)25-19-10-18(24)16(4-5-20(27)28)9-17(19)22(26)29/h4-10,14H,11H2,1-3H3,(H,27,28)/b5-4+. The summed E-state index contributed by atoms with van der Waals surface area (Å²) in [6.07, 6.45) is 0.313. The van der Waals surface area contributed by atoms with Crippen LogP contribution >= 0.6 is 0 Å². The number of aliphatic carboxylic acids is 1. The van der Waals surface area contributed by atoms with Crippen LogP contribution in [0.1, 0.15) is 41.2 Å². The van der Waals surface area contributed by atoms with E-state index in [1.165, 1.54) is 17.6 Å². The summed E-state index contributed by atoms with van der Waals surface area (Å²) in [4.78, 5) is 28.0. The Morgan fingerprint density at radius 2 is 1.86 bits per heavy atom. The van der Waals surface area contributed by atoms with Crippen molar-refractivity contribution in [2.45, 2.75) is 33.5 Å². The summed E-state index contributed by atoms with van der Waals surface area (Å²) < 4.78 is 29.8. The number of nitrogens with zero attached hydrogens (tertiary/aromatic N) is 2. The third-order valence-corrected chi connectivity index (χ3v) is 4.49. The molecule has 3 aromatic rings. The predicted octanol–water partition coefficient (Wildman–Crippen LogP) is 4.33. The van der Waals surface area contributed by atoms with Gasteiger partial charge in [0.25, 0.3) is 5.56 Å². The van der Waals surface area contributed by atoms with Crippen molar-refractivity contribution in [3.05, 3.63) is 80.7 Å². The van der Waals surface area contributed by atoms with Gasteiger partial charge < -0.3 is 5.11 Å². The van der Waals surface area contributed by atoms with Gasteiger partial charge in [0.05, 0.1) is 17.4 Å². The zero-order valence-corrected chi connectivity index (χ0v) is 16.2. The summed E-state index contributed by atoms with van der Waals surface area (Å²) in [5.74, 6) is -2.07. The van der Waals surface area contributed by atoms with E-state index in [9.17, 15) is 18.4 Å². The Bertz CT molecular complexity index is 1180. The van der Waals surface area contributed by atoms with Crippen LogP contribution in [-0.2, 0) is 11.3 Å². The monoisotopic (exact) mass is 398 g/mol. The molecule has 0 radical (unpaired) electrons. The maximum Gasteiger partial charge on any atom is 0.328 e. The van der Waals surface area contributed by atoms with Gasteiger partial charge in [-0.3, -0.25) is 9.36 Å². The number of fused-ring (bicyclic) bond motifs is 1. The van der Waals surface area contributed by atoms with Crippen molar-refractivity contribution >= 4 is 22.9 Å². The van der Waals surface area contributed by atoms with Crippen molar-refractivity contribution in [3.63, 3.8) is 0 Å². The van der Waals surface area contributed by atoms with Crippen LogP contribution in [0, 0.1) is 19.7 Å². The minimum Gasteiger partial charge on any atom is -0.478 e. The van der Waals surface area contributed by atoms with Gasteiger partial charge in [-0.1, -0.05) is 29.3 Å². The molecule has 1 atom stereocenters. The quantitative estimate of drug-likeness (QED) is 0.650. The minimum atomic E-state index is -1.53. The Labute approximate surface area is 165 Å². The second-order valence-corrected chi connectivity index (χ2v) is 7.04. The highest BCUT2D eigenvalue weighted by Crippen LogP contribution is 2.21. The molecule has 3 rings (SSSR count). The number of rotatable bonds is 5. The predicted molar refractivity (Wildman–Crippen MR) is 107 cm³/mol. The highest BCUT2D eigenvalue weighted by atomic mass is 19.1. The molecule has 0 amide bonds. The van der Waals surface area contributed by atoms with Crippen LogP contribution < -0.4 is 5.56 Å². The summed E-state index contributed by atoms with van der Waals surface area (Å²) in [7, 11) is 0. The molecule has 0 aliphatic rings. The van der Waals surface area contributed by atoms with Gasteiger partial charge in [0, 0.05) is 17.7 Å². The van der Waals surface area contributed by atoms with Gasteiger partial charge in [0.2, 0.25) is 0 Å². The number of alkyl halides is 1. The molecule has 0 saturated carbocycles. The Morgan fingerprint density at radius 3 is 2.45 bits per heavy atom. The summed E-state index contributed by atoms with van der Waals surface area (Å²) >= 11 is 0. The first-order valence-corrected chi connectivity index (χ1v) is 9.02. The van der Waals surface area contributed by atoms with Gasteiger partial charge in [-0.25, -0.2) is 18.6 Å². The molecule has 150 valence electrons. The van der Waals surface area contributed by atoms with Crippen molar-refractivity contribution in [1.82, 2.24) is 9.55 Å². The number of aryl methyl sites for hydroxylation is 2. The number of benzene rings is 2. The van der Waals surface area contributed by atoms with Crippen molar-refractivity contribution in [1.29, 1.82) is 0 Å². The van der Waals surface area contributed by atoms with Gasteiger partial charge in [-0.05, 0) is 38.5 Å². The molecule has 0 saturated heterocycles. The van der Waals surface area contributed by atoms with Gasteiger partial charge in [-0.2, -0.15) is 0 Å². The van der Waals surface area contributed by atoms with Crippen LogP contribution in [0.4, 0.5) is 8.78 Å². The maximum absolute atomic E-state index is 14.3. The number of hydrogen-bond donors (Lipinski definition) is 1. The van der Waals surface area contributed by atoms with Crippen LogP contribution in [-0.4, -0.2) is 20.6 Å². The summed E-state index contributed by atoms with van der Waals surface area (Å²) in [5.41, 5.74) is 2.30. The third-order valence-electron chi connectivity index (χ3n) is 4.49. The molecular weight excluding hydrogens is 378 g/mol. The average Bonchev–Trinajstić information content (AvgIpc) is 2.61. The molecule has 0 bridgehead atoms. The lowest BCUT2D eigenvalue weighted by Gasteiger charge is -2.15. The Morgan fingerprint density at radius 1 is 1.21 bits per heavy atom. The first-order chi connectivity index (χ1) is 13.7. The summed E-state index contributed by atoms with van der Waals surface area (Å²) in [6, 6.07) is 8.06. The lowest BCUT2D eigenvalue weighted by Crippen LogP contribution is -2.26. The molecule has 0 spiro atoms. The number of aromatic nitrogens is 2. The van der Waals surface area contributed by atoms with E-state index >= 15 is 0 Å². The molecule has 7 heteroatoms. The normalized spacial score (nSPS) is 12.6. The number of halogens is 2. The number of carbonyl (C=O) groups is 1. The van der Waals surface area contributed by atoms with Crippen LogP contribution in [0.2, 0.25) is 0 Å². The third kappa shape index (κ3) is 4.39. The van der Waals surface area contributed by atoms with Crippen molar-refractivity contribution in [3.8, 4) is 0 Å². The molecule has 1 unspecified atom stereocenters. The lowest BCUT2D eigenvalue weighted by atomic mass is 10.1. The van der Waals surface area contributed by atoms with Gasteiger partial charge in [0.15, 0.2) is 6.17 Å². The molecular formula is C22H20F2N2O3. The Kier molecular flexibility index (Phi) is 5.59. The number of carboxylic acids is 1. The summed E-state index contributed by atoms with van der Waals surface area (Å²) in [6.45, 7) is 5.25. The van der Waals surface area contributed by atoms with E-state index in [0.29, 0.717) is 0 Å². The molecule has 1 aromatic heterocycles. The second-order valence-electron chi connectivity index (χ2n) is 7.04. The molecule has 2 aromatic carbocycles. The summed E-state index contributed by atoms with van der Waals surface area (Å²) in [5, 5.41) is 8.84. The van der Waals surface area contributed by atoms with Crippen LogP contribution in [0.25, 0.3) is 17.0 Å². The van der Waals surface area contributed by atoms with E-state index in [4.69, 9.17) is 5.11 Å². The molecule has 0 aliphatic heterocycles. The maximum atomic E-state index is 14.3. The number of carboxylic acid groups (broad SMARTS) is 1. The minimum absolute atomic E-state index is 0.0242. The van der Waals surface area contributed by atoms with Crippen molar-refractivity contribution in [2.75, 3.05) is 0 Å². The highest BCUT2D eigenvalue weighted by Gasteiger charge is 2.18. The molecule has 1 N–H and O–H groups in total. The first kappa shape index (κ1) is 20.4. The Balaban J connectivity index is 2.23. The second kappa shape index (κ2) is 7.95. The first-order valence-electron chi connectivity index (χ1n) is 9.02. The van der Waals surface area contributed by atoms with E-state index < -0.39 is 23.5 Å². The van der Waals surface area contributed by atoms with Gasteiger partial charge >= 0.3 is 5.97 Å². The fourth-order valence-corrected chi connectivity index (χ4v) is 3.36. The average molecular weight is 398 g/mol. The van der Waals surface area contributed by atoms with E-state index in [1.54, 1.807) is 0 Å². The SMILES string of the molecule is Cc1cc(C)cc(Cn2c(C(C)F)nc3cc(F)c(/C=C/C(=O)O)cc3c2=O)c1. The fraction of sp³-hybridized carbons (Fsp3) is 0.227. The van der Waals surface area contributed by atoms with Crippen LogP contribution in [0.15, 0.2) is 41.2 Å². The van der Waals surface area contributed by atoms with Gasteiger partial charge in [0.1, 0.15) is 11.6 Å². The molecule has 29 heavy (non-hydrogen) atoms. The van der Waals surface area contributed by atoms with Crippen LogP contribution in [0.5, 0.6) is 0 Å². The smallest absolute Gasteiger partial charge is 0.328 e. The highest BCUT2D eigenvalue weighted by molar-refractivity contribution is 5.87.